The predicted molar refractivity (Wildman–Crippen MR) is 114 cm³/mol. The first-order chi connectivity index (χ1) is 13.3. The third kappa shape index (κ3) is 3.16. The second-order valence-electron chi connectivity index (χ2n) is 7.23. The van der Waals surface area contributed by atoms with Crippen molar-refractivity contribution in [2.75, 3.05) is 6.54 Å². The molecule has 3 aromatic rings. The van der Waals surface area contributed by atoms with Crippen molar-refractivity contribution in [3.8, 4) is 0 Å². The summed E-state index contributed by atoms with van der Waals surface area (Å²) in [6.07, 6.45) is 5.47. The van der Waals surface area contributed by atoms with E-state index >= 15 is 0 Å². The number of aromatic nitrogens is 3. The number of rotatable bonds is 6. The topological polar surface area (TPSA) is 26.0 Å². The number of hydrogen-bond acceptors (Lipinski definition) is 5. The molecule has 2 aliphatic rings. The van der Waals surface area contributed by atoms with Gasteiger partial charge in [-0.1, -0.05) is 12.1 Å². The van der Waals surface area contributed by atoms with Gasteiger partial charge >= 0.3 is 0 Å². The smallest absolute Gasteiger partial charge is 0.199 e. The molecule has 7 heteroatoms. The Labute approximate surface area is 172 Å². The van der Waals surface area contributed by atoms with E-state index in [1.54, 1.807) is 0 Å². The zero-order chi connectivity index (χ0) is 18.4. The molecule has 0 N–H and O–H groups in total. The summed E-state index contributed by atoms with van der Waals surface area (Å²) >= 11 is 9.51. The SMILES string of the molecule is C=CCn1c(C2CC2)nn(CN2CCc3sccc3[C@@H]2c2cccs2)c1=S. The van der Waals surface area contributed by atoms with Gasteiger partial charge in [-0.05, 0) is 59.9 Å². The summed E-state index contributed by atoms with van der Waals surface area (Å²) in [4.78, 5) is 5.44. The zero-order valence-electron chi connectivity index (χ0n) is 15.1. The molecule has 5 rings (SSSR count). The molecular weight excluding hydrogens is 392 g/mol. The van der Waals surface area contributed by atoms with E-state index in [4.69, 9.17) is 17.3 Å². The summed E-state index contributed by atoms with van der Waals surface area (Å²) < 4.78 is 5.02. The highest BCUT2D eigenvalue weighted by Gasteiger charge is 2.33. The van der Waals surface area contributed by atoms with Gasteiger partial charge in [-0.25, -0.2) is 4.68 Å². The van der Waals surface area contributed by atoms with E-state index in [-0.39, 0.29) is 0 Å². The van der Waals surface area contributed by atoms with Crippen molar-refractivity contribution >= 4 is 34.9 Å². The Balaban J connectivity index is 1.51. The van der Waals surface area contributed by atoms with E-state index in [1.165, 1.54) is 28.2 Å². The van der Waals surface area contributed by atoms with Crippen LogP contribution in [-0.4, -0.2) is 25.8 Å². The van der Waals surface area contributed by atoms with Crippen LogP contribution in [-0.2, 0) is 19.6 Å². The van der Waals surface area contributed by atoms with Crippen molar-refractivity contribution < 1.29 is 0 Å². The molecule has 0 unspecified atom stereocenters. The number of nitrogens with zero attached hydrogens (tertiary/aromatic N) is 4. The Bertz CT molecular complexity index is 1010. The van der Waals surface area contributed by atoms with Gasteiger partial charge in [0.15, 0.2) is 4.77 Å². The van der Waals surface area contributed by atoms with E-state index in [2.05, 4.69) is 45.0 Å². The molecule has 27 heavy (non-hydrogen) atoms. The monoisotopic (exact) mass is 414 g/mol. The first kappa shape index (κ1) is 17.6. The fourth-order valence-electron chi connectivity index (χ4n) is 3.97. The molecule has 140 valence electrons. The minimum Gasteiger partial charge on any atom is -0.300 e. The molecule has 3 aromatic heterocycles. The Kier molecular flexibility index (Phi) is 4.63. The van der Waals surface area contributed by atoms with Crippen molar-refractivity contribution in [1.82, 2.24) is 19.2 Å². The van der Waals surface area contributed by atoms with Crippen molar-refractivity contribution in [3.05, 3.63) is 67.5 Å². The summed E-state index contributed by atoms with van der Waals surface area (Å²) in [6, 6.07) is 6.99. The van der Waals surface area contributed by atoms with E-state index in [0.29, 0.717) is 12.0 Å². The summed E-state index contributed by atoms with van der Waals surface area (Å²) in [6.45, 7) is 6.41. The highest BCUT2D eigenvalue weighted by atomic mass is 32.1. The average molecular weight is 415 g/mol. The molecule has 1 saturated carbocycles. The molecule has 4 nitrogen and oxygen atoms in total. The second-order valence-corrected chi connectivity index (χ2v) is 9.58. The second kappa shape index (κ2) is 7.13. The van der Waals surface area contributed by atoms with E-state index < -0.39 is 0 Å². The minimum absolute atomic E-state index is 0.302. The molecule has 1 fully saturated rings. The van der Waals surface area contributed by atoms with Crippen LogP contribution >= 0.6 is 34.9 Å². The van der Waals surface area contributed by atoms with Crippen LogP contribution in [0.1, 0.15) is 45.9 Å². The average Bonchev–Trinajstić information content (AvgIpc) is 3.07. The Hall–Kier alpha value is -1.54. The lowest BCUT2D eigenvalue weighted by atomic mass is 9.99. The van der Waals surface area contributed by atoms with Gasteiger partial charge in [0.25, 0.3) is 0 Å². The van der Waals surface area contributed by atoms with Crippen LogP contribution in [0.2, 0.25) is 0 Å². The largest absolute Gasteiger partial charge is 0.300 e. The van der Waals surface area contributed by atoms with Crippen molar-refractivity contribution in [2.45, 2.75) is 44.4 Å². The molecular formula is C20H22N4S3. The number of allylic oxidation sites excluding steroid dienone is 1. The molecule has 0 aromatic carbocycles. The zero-order valence-corrected chi connectivity index (χ0v) is 17.5. The molecule has 4 heterocycles. The van der Waals surface area contributed by atoms with E-state index in [9.17, 15) is 0 Å². The molecule has 0 bridgehead atoms. The maximum absolute atomic E-state index is 5.79. The number of thiophene rings is 2. The van der Waals surface area contributed by atoms with Crippen molar-refractivity contribution in [3.63, 3.8) is 0 Å². The Morgan fingerprint density at radius 3 is 2.89 bits per heavy atom. The maximum atomic E-state index is 5.79. The van der Waals surface area contributed by atoms with Crippen LogP contribution in [0, 0.1) is 4.77 Å². The van der Waals surface area contributed by atoms with Crippen LogP contribution in [0.25, 0.3) is 0 Å². The highest BCUT2D eigenvalue weighted by Crippen LogP contribution is 2.41. The summed E-state index contributed by atoms with van der Waals surface area (Å²) in [5, 5.41) is 9.33. The Morgan fingerprint density at radius 2 is 2.15 bits per heavy atom. The van der Waals surface area contributed by atoms with Crippen molar-refractivity contribution in [2.24, 2.45) is 0 Å². The first-order valence-corrected chi connectivity index (χ1v) is 11.5. The van der Waals surface area contributed by atoms with Crippen LogP contribution in [0.4, 0.5) is 0 Å². The van der Waals surface area contributed by atoms with E-state index in [1.807, 2.05) is 33.4 Å². The summed E-state index contributed by atoms with van der Waals surface area (Å²) in [5.74, 6) is 1.71. The van der Waals surface area contributed by atoms with Gasteiger partial charge in [0.05, 0.1) is 12.7 Å². The fourth-order valence-corrected chi connectivity index (χ4v) is 6.01. The highest BCUT2D eigenvalue weighted by molar-refractivity contribution is 7.71. The maximum Gasteiger partial charge on any atom is 0.199 e. The Morgan fingerprint density at radius 1 is 1.26 bits per heavy atom. The van der Waals surface area contributed by atoms with Gasteiger partial charge in [0.2, 0.25) is 0 Å². The van der Waals surface area contributed by atoms with Gasteiger partial charge in [-0.2, -0.15) is 5.10 Å². The standard InChI is InChI=1S/C20H22N4S3/c1-2-9-23-19(14-5-6-14)21-24(20(23)25)13-22-10-7-16-15(8-12-27-16)18(22)17-4-3-11-26-17/h2-4,8,11-12,14,18H,1,5-7,9-10,13H2/t18-/m1/s1. The van der Waals surface area contributed by atoms with E-state index in [0.717, 1.165) is 36.8 Å². The molecule has 1 atom stereocenters. The van der Waals surface area contributed by atoms with Gasteiger partial charge < -0.3 is 0 Å². The number of hydrogen-bond donors (Lipinski definition) is 0. The molecule has 0 saturated heterocycles. The fraction of sp³-hybridized carbons (Fsp3) is 0.400. The van der Waals surface area contributed by atoms with Gasteiger partial charge in [0, 0.05) is 28.8 Å². The first-order valence-electron chi connectivity index (χ1n) is 9.38. The quantitative estimate of drug-likeness (QED) is 0.409. The number of fused-ring (bicyclic) bond motifs is 1. The molecule has 1 aliphatic carbocycles. The molecule has 0 spiro atoms. The van der Waals surface area contributed by atoms with Crippen molar-refractivity contribution in [1.29, 1.82) is 0 Å². The van der Waals surface area contributed by atoms with Crippen LogP contribution < -0.4 is 0 Å². The van der Waals surface area contributed by atoms with Crippen LogP contribution in [0.3, 0.4) is 0 Å². The third-order valence-electron chi connectivity index (χ3n) is 5.40. The normalized spacial score (nSPS) is 19.9. The predicted octanol–water partition coefficient (Wildman–Crippen LogP) is 5.21. The lowest BCUT2D eigenvalue weighted by Crippen LogP contribution is -2.36. The lowest BCUT2D eigenvalue weighted by Gasteiger charge is -2.35. The van der Waals surface area contributed by atoms with Gasteiger partial charge in [-0.15, -0.1) is 29.3 Å². The summed E-state index contributed by atoms with van der Waals surface area (Å²) in [5.41, 5.74) is 1.45. The molecule has 0 amide bonds. The van der Waals surface area contributed by atoms with Crippen LogP contribution in [0.15, 0.2) is 41.6 Å². The lowest BCUT2D eigenvalue weighted by molar-refractivity contribution is 0.158. The minimum atomic E-state index is 0.302. The van der Waals surface area contributed by atoms with Gasteiger partial charge in [-0.3, -0.25) is 9.47 Å². The molecule has 0 radical (unpaired) electrons. The van der Waals surface area contributed by atoms with Gasteiger partial charge in [0.1, 0.15) is 5.82 Å². The third-order valence-corrected chi connectivity index (χ3v) is 7.75. The molecule has 1 aliphatic heterocycles. The van der Waals surface area contributed by atoms with Crippen LogP contribution in [0.5, 0.6) is 0 Å². The summed E-state index contributed by atoms with van der Waals surface area (Å²) in [7, 11) is 0.